The Morgan fingerprint density at radius 3 is 2.51 bits per heavy atom. The highest BCUT2D eigenvalue weighted by atomic mass is 32.1. The van der Waals surface area contributed by atoms with Gasteiger partial charge in [0.2, 0.25) is 0 Å². The molecule has 1 aromatic carbocycles. The number of piperazine rings is 1. The van der Waals surface area contributed by atoms with E-state index < -0.39 is 17.4 Å². The second-order valence-corrected chi connectivity index (χ2v) is 10.5. The number of aromatic nitrogens is 1. The number of carbonyl (C=O) groups excluding carboxylic acids is 3. The Bertz CT molecular complexity index is 1260. The predicted octanol–water partition coefficient (Wildman–Crippen LogP) is 3.01. The topological polar surface area (TPSA) is 117 Å². The van der Waals surface area contributed by atoms with E-state index in [1.54, 1.807) is 24.4 Å². The molecule has 3 heterocycles. The fourth-order valence-electron chi connectivity index (χ4n) is 4.28. The molecule has 2 aromatic heterocycles. The normalized spacial score (nSPS) is 14.3. The van der Waals surface area contributed by atoms with E-state index in [9.17, 15) is 14.4 Å². The van der Waals surface area contributed by atoms with E-state index in [0.29, 0.717) is 55.5 Å². The molecule has 0 radical (unpaired) electrons. The third kappa shape index (κ3) is 6.55. The number of nitrogens with zero attached hydrogens (tertiary/aromatic N) is 3. The molecule has 10 nitrogen and oxygen atoms in total. The van der Waals surface area contributed by atoms with Gasteiger partial charge in [-0.1, -0.05) is 0 Å². The van der Waals surface area contributed by atoms with Gasteiger partial charge in [0.1, 0.15) is 5.75 Å². The molecular formula is C26H31N5O5S. The second kappa shape index (κ2) is 11.1. The third-order valence-electron chi connectivity index (χ3n) is 6.04. The Labute approximate surface area is 219 Å². The number of methoxy groups -OCH3 is 1. The highest BCUT2D eigenvalue weighted by Gasteiger charge is 2.30. The average Bonchev–Trinajstić information content (AvgIpc) is 3.55. The molecule has 0 bridgehead atoms. The van der Waals surface area contributed by atoms with Crippen molar-refractivity contribution in [2.45, 2.75) is 26.3 Å². The van der Waals surface area contributed by atoms with E-state index in [-0.39, 0.29) is 5.91 Å². The molecule has 2 N–H and O–H groups in total. The molecule has 37 heavy (non-hydrogen) atoms. The molecule has 1 fully saturated rings. The number of rotatable bonds is 7. The van der Waals surface area contributed by atoms with Crippen LogP contribution >= 0.6 is 11.3 Å². The van der Waals surface area contributed by atoms with Crippen molar-refractivity contribution in [3.8, 4) is 17.1 Å². The Morgan fingerprint density at radius 2 is 1.89 bits per heavy atom. The van der Waals surface area contributed by atoms with Gasteiger partial charge in [0.25, 0.3) is 5.91 Å². The van der Waals surface area contributed by atoms with Crippen molar-refractivity contribution in [2.24, 2.45) is 0 Å². The number of oxazole rings is 1. The van der Waals surface area contributed by atoms with Crippen LogP contribution < -0.4 is 15.4 Å². The minimum absolute atomic E-state index is 0.0625. The summed E-state index contributed by atoms with van der Waals surface area (Å²) in [5.74, 6) is -0.440. The zero-order valence-electron chi connectivity index (χ0n) is 21.4. The molecule has 1 saturated heterocycles. The smallest absolute Gasteiger partial charge is 0.313 e. The van der Waals surface area contributed by atoms with Gasteiger partial charge in [-0.15, -0.1) is 11.3 Å². The highest BCUT2D eigenvalue weighted by Crippen LogP contribution is 2.32. The standard InChI is InChI=1S/C26H31N5O5S/c1-17-11-22(37-14-17)25(34)31-9-7-30(8-10-31)15-26(2,3)29-24(33)23(32)28-18-5-6-19(20(12-18)35-4)21-13-27-16-36-21/h5-6,11-14,16H,7-10,15H2,1-4H3,(H,28,32)(H,29,33). The molecule has 4 rings (SSSR count). The van der Waals surface area contributed by atoms with Gasteiger partial charge < -0.3 is 24.7 Å². The van der Waals surface area contributed by atoms with Crippen molar-refractivity contribution >= 4 is 34.7 Å². The molecule has 0 spiro atoms. The van der Waals surface area contributed by atoms with Crippen LogP contribution in [0.1, 0.15) is 29.1 Å². The van der Waals surface area contributed by atoms with Crippen LogP contribution in [0.4, 0.5) is 5.69 Å². The van der Waals surface area contributed by atoms with E-state index in [2.05, 4.69) is 20.5 Å². The number of amides is 3. The molecule has 11 heteroatoms. The SMILES string of the molecule is COc1cc(NC(=O)C(=O)NC(C)(C)CN2CCN(C(=O)c3cc(C)cs3)CC2)ccc1-c1cnco1. The van der Waals surface area contributed by atoms with Crippen LogP contribution in [-0.2, 0) is 9.59 Å². The van der Waals surface area contributed by atoms with Gasteiger partial charge in [-0.2, -0.15) is 0 Å². The molecule has 0 unspecified atom stereocenters. The van der Waals surface area contributed by atoms with Crippen LogP contribution in [0.25, 0.3) is 11.3 Å². The van der Waals surface area contributed by atoms with E-state index in [1.165, 1.54) is 24.8 Å². The van der Waals surface area contributed by atoms with Gasteiger partial charge in [-0.25, -0.2) is 4.98 Å². The van der Waals surface area contributed by atoms with E-state index >= 15 is 0 Å². The molecular weight excluding hydrogens is 494 g/mol. The fraction of sp³-hybridized carbons (Fsp3) is 0.385. The zero-order chi connectivity index (χ0) is 26.6. The zero-order valence-corrected chi connectivity index (χ0v) is 22.2. The first-order chi connectivity index (χ1) is 17.6. The maximum atomic E-state index is 12.7. The van der Waals surface area contributed by atoms with Gasteiger partial charge in [0.15, 0.2) is 12.2 Å². The maximum Gasteiger partial charge on any atom is 0.313 e. The Balaban J connectivity index is 1.28. The fourth-order valence-corrected chi connectivity index (χ4v) is 5.14. The quantitative estimate of drug-likeness (QED) is 0.456. The summed E-state index contributed by atoms with van der Waals surface area (Å²) in [5.41, 5.74) is 1.53. The van der Waals surface area contributed by atoms with Gasteiger partial charge >= 0.3 is 11.8 Å². The predicted molar refractivity (Wildman–Crippen MR) is 141 cm³/mol. The Morgan fingerprint density at radius 1 is 1.14 bits per heavy atom. The number of hydrogen-bond donors (Lipinski definition) is 2. The van der Waals surface area contributed by atoms with Crippen LogP contribution in [0.3, 0.4) is 0 Å². The molecule has 1 aliphatic rings. The number of ether oxygens (including phenoxy) is 1. The summed E-state index contributed by atoms with van der Waals surface area (Å²) < 4.78 is 10.7. The van der Waals surface area contributed by atoms with Crippen molar-refractivity contribution in [3.05, 3.63) is 52.7 Å². The van der Waals surface area contributed by atoms with Gasteiger partial charge in [0.05, 0.1) is 23.7 Å². The Kier molecular flexibility index (Phi) is 7.94. The summed E-state index contributed by atoms with van der Waals surface area (Å²) >= 11 is 1.47. The van der Waals surface area contributed by atoms with Crippen LogP contribution in [-0.4, -0.2) is 77.9 Å². The summed E-state index contributed by atoms with van der Waals surface area (Å²) in [4.78, 5) is 46.7. The monoisotopic (exact) mass is 525 g/mol. The van der Waals surface area contributed by atoms with Crippen LogP contribution in [0.5, 0.6) is 5.75 Å². The lowest BCUT2D eigenvalue weighted by atomic mass is 10.0. The molecule has 0 aliphatic carbocycles. The minimum atomic E-state index is -0.774. The number of benzene rings is 1. The Hall–Kier alpha value is -3.70. The van der Waals surface area contributed by atoms with Crippen molar-refractivity contribution in [1.29, 1.82) is 0 Å². The molecule has 0 atom stereocenters. The van der Waals surface area contributed by atoms with Crippen molar-refractivity contribution in [2.75, 3.05) is 45.2 Å². The maximum absolute atomic E-state index is 12.7. The van der Waals surface area contributed by atoms with Crippen LogP contribution in [0.2, 0.25) is 0 Å². The summed E-state index contributed by atoms with van der Waals surface area (Å²) in [7, 11) is 1.51. The summed E-state index contributed by atoms with van der Waals surface area (Å²) in [6.07, 6.45) is 2.88. The van der Waals surface area contributed by atoms with E-state index in [1.807, 2.05) is 37.1 Å². The summed E-state index contributed by atoms with van der Waals surface area (Å²) in [5, 5.41) is 7.42. The molecule has 0 saturated carbocycles. The largest absolute Gasteiger partial charge is 0.496 e. The number of anilines is 1. The van der Waals surface area contributed by atoms with Crippen LogP contribution in [0.15, 0.2) is 46.7 Å². The number of thiophene rings is 1. The lowest BCUT2D eigenvalue weighted by Gasteiger charge is -2.39. The van der Waals surface area contributed by atoms with Crippen molar-refractivity contribution < 1.29 is 23.5 Å². The van der Waals surface area contributed by atoms with Gasteiger partial charge in [-0.05, 0) is 49.9 Å². The molecule has 1 aliphatic heterocycles. The van der Waals surface area contributed by atoms with Crippen molar-refractivity contribution in [3.63, 3.8) is 0 Å². The van der Waals surface area contributed by atoms with Gasteiger partial charge in [-0.3, -0.25) is 19.3 Å². The number of nitrogens with one attached hydrogen (secondary N) is 2. The van der Waals surface area contributed by atoms with Crippen molar-refractivity contribution in [1.82, 2.24) is 20.1 Å². The van der Waals surface area contributed by atoms with E-state index in [4.69, 9.17) is 9.15 Å². The van der Waals surface area contributed by atoms with E-state index in [0.717, 1.165) is 10.4 Å². The van der Waals surface area contributed by atoms with Crippen LogP contribution in [0, 0.1) is 6.92 Å². The molecule has 3 amide bonds. The first-order valence-corrected chi connectivity index (χ1v) is 12.8. The third-order valence-corrected chi connectivity index (χ3v) is 7.07. The number of carbonyl (C=O) groups is 3. The minimum Gasteiger partial charge on any atom is -0.496 e. The first kappa shape index (κ1) is 26.4. The molecule has 3 aromatic rings. The molecule has 196 valence electrons. The van der Waals surface area contributed by atoms with Gasteiger partial charge in [0, 0.05) is 50.0 Å². The second-order valence-electron chi connectivity index (χ2n) is 9.63. The average molecular weight is 526 g/mol. The summed E-state index contributed by atoms with van der Waals surface area (Å²) in [6.45, 7) is 8.90. The number of hydrogen-bond acceptors (Lipinski definition) is 8. The first-order valence-electron chi connectivity index (χ1n) is 11.9. The summed E-state index contributed by atoms with van der Waals surface area (Å²) in [6, 6.07) is 6.92. The lowest BCUT2D eigenvalue weighted by molar-refractivity contribution is -0.137. The lowest BCUT2D eigenvalue weighted by Crippen LogP contribution is -2.57. The highest BCUT2D eigenvalue weighted by molar-refractivity contribution is 7.12. The number of aryl methyl sites for hydroxylation is 1.